The summed E-state index contributed by atoms with van der Waals surface area (Å²) in [6.07, 6.45) is 2.32. The predicted octanol–water partition coefficient (Wildman–Crippen LogP) is 1.55. The molecule has 0 unspecified atom stereocenters. The van der Waals surface area contributed by atoms with Gasteiger partial charge < -0.3 is 15.3 Å². The van der Waals surface area contributed by atoms with Crippen LogP contribution in [0.2, 0.25) is 0 Å². The highest BCUT2D eigenvalue weighted by molar-refractivity contribution is 5.54. The summed E-state index contributed by atoms with van der Waals surface area (Å²) in [6.45, 7) is 0.557. The molecule has 78 valence electrons. The summed E-state index contributed by atoms with van der Waals surface area (Å²) >= 11 is 0. The number of nitrogens with two attached hydrogens (primary N) is 1. The monoisotopic (exact) mass is 204 g/mol. The van der Waals surface area contributed by atoms with Gasteiger partial charge in [-0.3, -0.25) is 0 Å². The van der Waals surface area contributed by atoms with E-state index >= 15 is 0 Å². The molecule has 0 aliphatic rings. The Morgan fingerprint density at radius 3 is 2.67 bits per heavy atom. The van der Waals surface area contributed by atoms with E-state index in [1.54, 1.807) is 30.5 Å². The van der Waals surface area contributed by atoms with Crippen LogP contribution in [0.1, 0.15) is 5.69 Å². The third-order valence-electron chi connectivity index (χ3n) is 2.07. The molecule has 0 atom stereocenters. The Bertz CT molecular complexity index is 434. The van der Waals surface area contributed by atoms with E-state index in [0.29, 0.717) is 18.9 Å². The second-order valence-electron chi connectivity index (χ2n) is 3.23. The minimum Gasteiger partial charge on any atom is -0.508 e. The third-order valence-corrected chi connectivity index (χ3v) is 2.07. The SMILES string of the molecule is NCCc1coc(-c2ccc(O)cc2)n1. The highest BCUT2D eigenvalue weighted by Crippen LogP contribution is 2.21. The molecule has 1 aromatic heterocycles. The van der Waals surface area contributed by atoms with Crippen LogP contribution in [0.5, 0.6) is 5.75 Å². The number of phenols is 1. The van der Waals surface area contributed by atoms with Crippen LogP contribution in [0.3, 0.4) is 0 Å². The molecular formula is C11H12N2O2. The molecule has 0 radical (unpaired) electrons. The van der Waals surface area contributed by atoms with Crippen LogP contribution in [0.15, 0.2) is 34.9 Å². The molecule has 4 nitrogen and oxygen atoms in total. The van der Waals surface area contributed by atoms with Gasteiger partial charge in [-0.05, 0) is 30.8 Å². The Morgan fingerprint density at radius 1 is 1.27 bits per heavy atom. The fourth-order valence-electron chi connectivity index (χ4n) is 1.31. The topological polar surface area (TPSA) is 72.3 Å². The van der Waals surface area contributed by atoms with Gasteiger partial charge in [0, 0.05) is 12.0 Å². The second-order valence-corrected chi connectivity index (χ2v) is 3.23. The Labute approximate surface area is 87.4 Å². The minimum absolute atomic E-state index is 0.229. The van der Waals surface area contributed by atoms with Crippen LogP contribution >= 0.6 is 0 Å². The quantitative estimate of drug-likeness (QED) is 0.795. The first-order valence-corrected chi connectivity index (χ1v) is 4.73. The van der Waals surface area contributed by atoms with Gasteiger partial charge in [-0.2, -0.15) is 0 Å². The van der Waals surface area contributed by atoms with Crippen molar-refractivity contribution in [3.05, 3.63) is 36.2 Å². The van der Waals surface area contributed by atoms with Crippen molar-refractivity contribution in [2.45, 2.75) is 6.42 Å². The first-order valence-electron chi connectivity index (χ1n) is 4.73. The highest BCUT2D eigenvalue weighted by Gasteiger charge is 2.05. The Balaban J connectivity index is 2.25. The molecule has 0 fully saturated rings. The average molecular weight is 204 g/mol. The van der Waals surface area contributed by atoms with Crippen molar-refractivity contribution in [3.63, 3.8) is 0 Å². The number of rotatable bonds is 3. The van der Waals surface area contributed by atoms with Crippen molar-refractivity contribution < 1.29 is 9.52 Å². The molecule has 0 bridgehead atoms. The van der Waals surface area contributed by atoms with Crippen molar-refractivity contribution >= 4 is 0 Å². The number of benzene rings is 1. The van der Waals surface area contributed by atoms with Gasteiger partial charge in [-0.1, -0.05) is 0 Å². The summed E-state index contributed by atoms with van der Waals surface area (Å²) in [5.41, 5.74) is 7.10. The van der Waals surface area contributed by atoms with Crippen molar-refractivity contribution in [2.24, 2.45) is 5.73 Å². The lowest BCUT2D eigenvalue weighted by molar-refractivity contribution is 0.475. The summed E-state index contributed by atoms with van der Waals surface area (Å²) in [5, 5.41) is 9.13. The van der Waals surface area contributed by atoms with Crippen LogP contribution in [-0.4, -0.2) is 16.6 Å². The molecule has 0 aliphatic carbocycles. The van der Waals surface area contributed by atoms with Gasteiger partial charge in [-0.15, -0.1) is 0 Å². The summed E-state index contributed by atoms with van der Waals surface area (Å²) in [7, 11) is 0. The minimum atomic E-state index is 0.229. The fraction of sp³-hybridized carbons (Fsp3) is 0.182. The Kier molecular flexibility index (Phi) is 2.69. The lowest BCUT2D eigenvalue weighted by Gasteiger charge is -1.94. The van der Waals surface area contributed by atoms with Crippen LogP contribution in [-0.2, 0) is 6.42 Å². The van der Waals surface area contributed by atoms with E-state index in [1.807, 2.05) is 0 Å². The van der Waals surface area contributed by atoms with Gasteiger partial charge in [-0.25, -0.2) is 4.98 Å². The van der Waals surface area contributed by atoms with E-state index in [-0.39, 0.29) is 5.75 Å². The van der Waals surface area contributed by atoms with E-state index in [1.165, 1.54) is 0 Å². The van der Waals surface area contributed by atoms with Crippen LogP contribution in [0.4, 0.5) is 0 Å². The number of nitrogens with zero attached hydrogens (tertiary/aromatic N) is 1. The molecule has 2 rings (SSSR count). The predicted molar refractivity (Wildman–Crippen MR) is 56.4 cm³/mol. The number of aromatic nitrogens is 1. The Morgan fingerprint density at radius 2 is 2.00 bits per heavy atom. The van der Waals surface area contributed by atoms with Crippen molar-refractivity contribution in [3.8, 4) is 17.2 Å². The largest absolute Gasteiger partial charge is 0.508 e. The number of hydrogen-bond donors (Lipinski definition) is 2. The zero-order valence-electron chi connectivity index (χ0n) is 8.18. The standard InChI is InChI=1S/C11H12N2O2/c12-6-5-9-7-15-11(13-9)8-1-3-10(14)4-2-8/h1-4,7,14H,5-6,12H2. The van der Waals surface area contributed by atoms with Crippen molar-refractivity contribution in [2.75, 3.05) is 6.54 Å². The lowest BCUT2D eigenvalue weighted by Crippen LogP contribution is -2.02. The molecule has 1 aromatic carbocycles. The van der Waals surface area contributed by atoms with E-state index in [0.717, 1.165) is 11.3 Å². The maximum atomic E-state index is 9.13. The lowest BCUT2D eigenvalue weighted by atomic mass is 10.2. The highest BCUT2D eigenvalue weighted by atomic mass is 16.3. The molecule has 0 spiro atoms. The molecule has 2 aromatic rings. The number of phenolic OH excluding ortho intramolecular Hbond substituents is 1. The molecule has 4 heteroatoms. The van der Waals surface area contributed by atoms with Gasteiger partial charge in [0.05, 0.1) is 5.69 Å². The van der Waals surface area contributed by atoms with Gasteiger partial charge in [0.15, 0.2) is 0 Å². The van der Waals surface area contributed by atoms with E-state index in [9.17, 15) is 0 Å². The molecule has 15 heavy (non-hydrogen) atoms. The van der Waals surface area contributed by atoms with Crippen LogP contribution in [0, 0.1) is 0 Å². The molecular weight excluding hydrogens is 192 g/mol. The Hall–Kier alpha value is -1.81. The van der Waals surface area contributed by atoms with E-state index in [4.69, 9.17) is 15.3 Å². The fourth-order valence-corrected chi connectivity index (χ4v) is 1.31. The van der Waals surface area contributed by atoms with Gasteiger partial charge in [0.1, 0.15) is 12.0 Å². The van der Waals surface area contributed by atoms with Crippen LogP contribution in [0.25, 0.3) is 11.5 Å². The van der Waals surface area contributed by atoms with E-state index in [2.05, 4.69) is 4.98 Å². The molecule has 0 saturated carbocycles. The first-order chi connectivity index (χ1) is 7.29. The summed E-state index contributed by atoms with van der Waals surface area (Å²) < 4.78 is 5.29. The zero-order chi connectivity index (χ0) is 10.7. The summed E-state index contributed by atoms with van der Waals surface area (Å²) in [4.78, 5) is 4.27. The van der Waals surface area contributed by atoms with E-state index < -0.39 is 0 Å². The van der Waals surface area contributed by atoms with Gasteiger partial charge in [0.2, 0.25) is 5.89 Å². The maximum absolute atomic E-state index is 9.13. The van der Waals surface area contributed by atoms with Crippen LogP contribution < -0.4 is 5.73 Å². The first kappa shape index (κ1) is 9.73. The maximum Gasteiger partial charge on any atom is 0.226 e. The molecule has 0 saturated heterocycles. The third kappa shape index (κ3) is 2.16. The summed E-state index contributed by atoms with van der Waals surface area (Å²) in [5.74, 6) is 0.783. The smallest absolute Gasteiger partial charge is 0.226 e. The van der Waals surface area contributed by atoms with Crippen molar-refractivity contribution in [1.82, 2.24) is 4.98 Å². The second kappa shape index (κ2) is 4.14. The van der Waals surface area contributed by atoms with Crippen molar-refractivity contribution in [1.29, 1.82) is 0 Å². The normalized spacial score (nSPS) is 10.5. The molecule has 3 N–H and O–H groups in total. The van der Waals surface area contributed by atoms with Gasteiger partial charge >= 0.3 is 0 Å². The van der Waals surface area contributed by atoms with Gasteiger partial charge in [0.25, 0.3) is 0 Å². The average Bonchev–Trinajstić information content (AvgIpc) is 2.68. The number of oxazole rings is 1. The summed E-state index contributed by atoms with van der Waals surface area (Å²) in [6, 6.07) is 6.71. The molecule has 0 aliphatic heterocycles. The number of aromatic hydroxyl groups is 1. The number of hydrogen-bond acceptors (Lipinski definition) is 4. The molecule has 0 amide bonds. The zero-order valence-corrected chi connectivity index (χ0v) is 8.18. The molecule has 1 heterocycles.